The van der Waals surface area contributed by atoms with Gasteiger partial charge in [-0.2, -0.15) is 0 Å². The summed E-state index contributed by atoms with van der Waals surface area (Å²) in [6, 6.07) is 10.4. The molecule has 1 aliphatic carbocycles. The molecule has 38 heavy (non-hydrogen) atoms. The smallest absolute Gasteiger partial charge is 0.243 e. The average Bonchev–Trinajstić information content (AvgIpc) is 3.37. The fourth-order valence-electron chi connectivity index (χ4n) is 4.92. The molecule has 0 radical (unpaired) electrons. The zero-order chi connectivity index (χ0) is 27.9. The Labute approximate surface area is 230 Å². The highest BCUT2D eigenvalue weighted by Gasteiger charge is 2.31. The third-order valence-electron chi connectivity index (χ3n) is 7.01. The summed E-state index contributed by atoms with van der Waals surface area (Å²) >= 11 is 6.22. The van der Waals surface area contributed by atoms with Crippen LogP contribution < -0.4 is 9.62 Å². The van der Waals surface area contributed by atoms with Crippen molar-refractivity contribution in [3.8, 4) is 0 Å². The molecule has 0 bridgehead atoms. The molecule has 1 N–H and O–H groups in total. The van der Waals surface area contributed by atoms with E-state index in [9.17, 15) is 22.4 Å². The lowest BCUT2D eigenvalue weighted by Crippen LogP contribution is -2.51. The van der Waals surface area contributed by atoms with Gasteiger partial charge in [-0.05, 0) is 68.0 Å². The quantitative estimate of drug-likeness (QED) is 0.383. The molecular formula is C28H37ClFN3O4S. The van der Waals surface area contributed by atoms with Crippen LogP contribution in [0.15, 0.2) is 42.5 Å². The molecule has 7 nitrogen and oxygen atoms in total. The van der Waals surface area contributed by atoms with E-state index in [2.05, 4.69) is 5.32 Å². The number of nitrogens with zero attached hydrogens (tertiary/aromatic N) is 2. The molecule has 0 aromatic heterocycles. The van der Waals surface area contributed by atoms with Crippen LogP contribution in [0.25, 0.3) is 0 Å². The van der Waals surface area contributed by atoms with E-state index in [1.54, 1.807) is 37.3 Å². The van der Waals surface area contributed by atoms with E-state index in [1.807, 2.05) is 6.92 Å². The molecule has 3 rings (SSSR count). The summed E-state index contributed by atoms with van der Waals surface area (Å²) < 4.78 is 39.9. The molecule has 0 spiro atoms. The van der Waals surface area contributed by atoms with E-state index in [1.165, 1.54) is 21.3 Å². The number of hydrogen-bond acceptors (Lipinski definition) is 4. The summed E-state index contributed by atoms with van der Waals surface area (Å²) in [4.78, 5) is 28.3. The van der Waals surface area contributed by atoms with Gasteiger partial charge >= 0.3 is 0 Å². The van der Waals surface area contributed by atoms with Gasteiger partial charge in [0.2, 0.25) is 21.8 Å². The van der Waals surface area contributed by atoms with Crippen molar-refractivity contribution in [2.45, 2.75) is 77.4 Å². The van der Waals surface area contributed by atoms with Crippen molar-refractivity contribution < 1.29 is 22.4 Å². The zero-order valence-corrected chi connectivity index (χ0v) is 23.8. The van der Waals surface area contributed by atoms with Gasteiger partial charge in [-0.15, -0.1) is 0 Å². The molecule has 0 unspecified atom stereocenters. The molecule has 2 amide bonds. The Balaban J connectivity index is 1.77. The highest BCUT2D eigenvalue weighted by Crippen LogP contribution is 2.28. The number of amides is 2. The maximum Gasteiger partial charge on any atom is 0.243 e. The normalized spacial score (nSPS) is 14.8. The third kappa shape index (κ3) is 7.93. The first-order valence-corrected chi connectivity index (χ1v) is 15.3. The van der Waals surface area contributed by atoms with Gasteiger partial charge in [-0.3, -0.25) is 13.9 Å². The van der Waals surface area contributed by atoms with Gasteiger partial charge in [0.25, 0.3) is 0 Å². The first-order valence-electron chi connectivity index (χ1n) is 13.1. The van der Waals surface area contributed by atoms with E-state index in [0.717, 1.165) is 31.9 Å². The Hall–Kier alpha value is -2.65. The minimum atomic E-state index is -3.63. The lowest BCUT2D eigenvalue weighted by Gasteiger charge is -2.32. The van der Waals surface area contributed by atoms with Crippen LogP contribution in [0.5, 0.6) is 0 Å². The number of sulfonamides is 1. The molecule has 1 aliphatic rings. The predicted octanol–water partition coefficient (Wildman–Crippen LogP) is 5.20. The number of rotatable bonds is 12. The molecule has 0 aliphatic heterocycles. The fourth-order valence-corrected chi connectivity index (χ4v) is 6.11. The summed E-state index contributed by atoms with van der Waals surface area (Å²) in [6.45, 7) is 3.84. The molecule has 1 saturated carbocycles. The Kier molecular flexibility index (Phi) is 10.6. The van der Waals surface area contributed by atoms with Gasteiger partial charge in [-0.25, -0.2) is 12.8 Å². The first-order chi connectivity index (χ1) is 18.0. The van der Waals surface area contributed by atoms with Crippen LogP contribution in [0.4, 0.5) is 10.1 Å². The number of hydrogen-bond donors (Lipinski definition) is 1. The summed E-state index contributed by atoms with van der Waals surface area (Å²) in [6.07, 6.45) is 5.83. The number of carbonyl (C=O) groups is 2. The molecule has 2 aromatic carbocycles. The summed E-state index contributed by atoms with van der Waals surface area (Å²) in [5, 5.41) is 3.55. The minimum absolute atomic E-state index is 0.0417. The summed E-state index contributed by atoms with van der Waals surface area (Å²) in [7, 11) is -3.63. The topological polar surface area (TPSA) is 86.8 Å². The molecule has 10 heteroatoms. The molecule has 0 heterocycles. The van der Waals surface area contributed by atoms with Gasteiger partial charge in [0.1, 0.15) is 11.9 Å². The lowest BCUT2D eigenvalue weighted by molar-refractivity contribution is -0.141. The maximum absolute atomic E-state index is 13.5. The SMILES string of the molecule is CC[C@H](C(=O)NC1CCCC1)N(Cc1ccc(F)cc1)C(=O)CCCN(c1cccc(Cl)c1C)S(C)(=O)=O. The van der Waals surface area contributed by atoms with Crippen molar-refractivity contribution in [3.05, 3.63) is 64.4 Å². The van der Waals surface area contributed by atoms with Crippen molar-refractivity contribution in [2.75, 3.05) is 17.1 Å². The fraction of sp³-hybridized carbons (Fsp3) is 0.500. The van der Waals surface area contributed by atoms with E-state index in [0.29, 0.717) is 28.3 Å². The van der Waals surface area contributed by atoms with Gasteiger partial charge in [0.05, 0.1) is 11.9 Å². The molecule has 1 fully saturated rings. The molecule has 2 aromatic rings. The zero-order valence-electron chi connectivity index (χ0n) is 22.3. The van der Waals surface area contributed by atoms with E-state index >= 15 is 0 Å². The number of anilines is 1. The molecule has 208 valence electrons. The van der Waals surface area contributed by atoms with Crippen LogP contribution >= 0.6 is 11.6 Å². The van der Waals surface area contributed by atoms with Gasteiger partial charge in [0.15, 0.2) is 0 Å². The summed E-state index contributed by atoms with van der Waals surface area (Å²) in [5.41, 5.74) is 1.82. The van der Waals surface area contributed by atoms with Crippen LogP contribution in [-0.4, -0.2) is 50.0 Å². The van der Waals surface area contributed by atoms with Crippen LogP contribution in [0, 0.1) is 12.7 Å². The Morgan fingerprint density at radius 3 is 2.39 bits per heavy atom. The Bertz CT molecular complexity index is 1220. The maximum atomic E-state index is 13.5. The number of nitrogens with one attached hydrogen (secondary N) is 1. The first kappa shape index (κ1) is 29.9. The predicted molar refractivity (Wildman–Crippen MR) is 149 cm³/mol. The van der Waals surface area contributed by atoms with Gasteiger partial charge < -0.3 is 10.2 Å². The second-order valence-electron chi connectivity index (χ2n) is 9.88. The largest absolute Gasteiger partial charge is 0.352 e. The average molecular weight is 566 g/mol. The third-order valence-corrected chi connectivity index (χ3v) is 8.60. The van der Waals surface area contributed by atoms with Crippen molar-refractivity contribution in [1.82, 2.24) is 10.2 Å². The highest BCUT2D eigenvalue weighted by molar-refractivity contribution is 7.92. The molecule has 0 saturated heterocycles. The van der Waals surface area contributed by atoms with Crippen molar-refractivity contribution in [3.63, 3.8) is 0 Å². The van der Waals surface area contributed by atoms with Gasteiger partial charge in [-0.1, -0.05) is 49.6 Å². The van der Waals surface area contributed by atoms with Crippen LogP contribution in [0.1, 0.15) is 63.0 Å². The summed E-state index contributed by atoms with van der Waals surface area (Å²) in [5.74, 6) is -0.837. The Morgan fingerprint density at radius 1 is 1.13 bits per heavy atom. The number of carbonyl (C=O) groups excluding carboxylic acids is 2. The molecular weight excluding hydrogens is 529 g/mol. The minimum Gasteiger partial charge on any atom is -0.352 e. The lowest BCUT2D eigenvalue weighted by atomic mass is 10.1. The monoisotopic (exact) mass is 565 g/mol. The Morgan fingerprint density at radius 2 is 1.79 bits per heavy atom. The van der Waals surface area contributed by atoms with Crippen LogP contribution in [0.3, 0.4) is 0 Å². The van der Waals surface area contributed by atoms with Crippen molar-refractivity contribution in [1.29, 1.82) is 0 Å². The van der Waals surface area contributed by atoms with Crippen LogP contribution in [0.2, 0.25) is 5.02 Å². The van der Waals surface area contributed by atoms with Crippen molar-refractivity contribution in [2.24, 2.45) is 0 Å². The van der Waals surface area contributed by atoms with Crippen molar-refractivity contribution >= 4 is 39.1 Å². The second kappa shape index (κ2) is 13.4. The van der Waals surface area contributed by atoms with Gasteiger partial charge in [0, 0.05) is 30.6 Å². The second-order valence-corrected chi connectivity index (χ2v) is 12.2. The van der Waals surface area contributed by atoms with E-state index < -0.39 is 16.1 Å². The number of benzene rings is 2. The van der Waals surface area contributed by atoms with E-state index in [-0.39, 0.29) is 49.6 Å². The van der Waals surface area contributed by atoms with Crippen LogP contribution in [-0.2, 0) is 26.2 Å². The molecule has 1 atom stereocenters. The number of halogens is 2. The highest BCUT2D eigenvalue weighted by atomic mass is 35.5. The standard InChI is InChI=1S/C28H37ClFN3O4S/c1-4-25(28(35)31-23-9-5-6-10-23)32(19-21-14-16-22(30)17-15-21)27(34)13-8-18-33(38(3,36)37)26-12-7-11-24(29)20(26)2/h7,11-12,14-17,23,25H,4-6,8-10,13,18-19H2,1-3H3,(H,31,35)/t25-/m1/s1. The van der Waals surface area contributed by atoms with E-state index in [4.69, 9.17) is 11.6 Å².